The third-order valence-corrected chi connectivity index (χ3v) is 5.20. The summed E-state index contributed by atoms with van der Waals surface area (Å²) in [6.45, 7) is 9.68. The Morgan fingerprint density at radius 2 is 1.57 bits per heavy atom. The predicted molar refractivity (Wildman–Crippen MR) is 84.9 cm³/mol. The first-order valence-corrected chi connectivity index (χ1v) is 7.82. The van der Waals surface area contributed by atoms with Crippen molar-refractivity contribution < 1.29 is 14.4 Å². The molecule has 6 nitrogen and oxygen atoms in total. The lowest BCUT2D eigenvalue weighted by Crippen LogP contribution is -2.53. The van der Waals surface area contributed by atoms with Crippen LogP contribution in [0, 0.1) is 11.3 Å². The summed E-state index contributed by atoms with van der Waals surface area (Å²) in [5.74, 6) is 0.451. The molecule has 1 aliphatic carbocycles. The van der Waals surface area contributed by atoms with Crippen LogP contribution in [0.5, 0.6) is 0 Å². The highest BCUT2D eigenvalue weighted by Gasteiger charge is 2.55. The van der Waals surface area contributed by atoms with Crippen molar-refractivity contribution in [2.24, 2.45) is 0 Å². The van der Waals surface area contributed by atoms with Crippen molar-refractivity contribution in [2.45, 2.75) is 69.7 Å². The Labute approximate surface area is 137 Å². The van der Waals surface area contributed by atoms with Gasteiger partial charge in [0.25, 0.3) is 0 Å². The van der Waals surface area contributed by atoms with Crippen molar-refractivity contribution in [1.29, 1.82) is 5.26 Å². The highest BCUT2D eigenvalue weighted by Crippen LogP contribution is 2.48. The average Bonchev–Trinajstić information content (AvgIpc) is 2.64. The van der Waals surface area contributed by atoms with Crippen LogP contribution in [0.3, 0.4) is 0 Å². The second kappa shape index (κ2) is 4.76. The SMILES string of the molecule is CC1(O)CC(C#N)(c2ncc(B3OC(C)(C)C(C)(C)O3)cn2)C1. The summed E-state index contributed by atoms with van der Waals surface area (Å²) < 4.78 is 11.9. The summed E-state index contributed by atoms with van der Waals surface area (Å²) in [6, 6.07) is 2.25. The number of aromatic nitrogens is 2. The molecule has 0 bridgehead atoms. The molecule has 2 heterocycles. The van der Waals surface area contributed by atoms with Crippen LogP contribution in [0.25, 0.3) is 0 Å². The van der Waals surface area contributed by atoms with Gasteiger partial charge in [-0.2, -0.15) is 5.26 Å². The van der Waals surface area contributed by atoms with E-state index >= 15 is 0 Å². The molecule has 2 fully saturated rings. The van der Waals surface area contributed by atoms with Crippen molar-refractivity contribution in [3.63, 3.8) is 0 Å². The van der Waals surface area contributed by atoms with E-state index in [9.17, 15) is 10.4 Å². The molecule has 1 N–H and O–H groups in total. The van der Waals surface area contributed by atoms with Gasteiger partial charge in [0.2, 0.25) is 0 Å². The van der Waals surface area contributed by atoms with Crippen molar-refractivity contribution in [1.82, 2.24) is 9.97 Å². The average molecular weight is 315 g/mol. The van der Waals surface area contributed by atoms with Crippen LogP contribution in [0.1, 0.15) is 53.3 Å². The predicted octanol–water partition coefficient (Wildman–Crippen LogP) is 1.08. The standard InChI is InChI=1S/C16H22BN3O3/c1-13(2)14(3,4)23-17(22-13)11-6-19-12(20-7-11)16(10-18)8-15(5,21)9-16/h6-7,21H,8-9H2,1-5H3. The fraction of sp³-hybridized carbons (Fsp3) is 0.688. The number of aliphatic hydroxyl groups is 1. The lowest BCUT2D eigenvalue weighted by molar-refractivity contribution is -0.0582. The molecule has 7 heteroatoms. The van der Waals surface area contributed by atoms with Gasteiger partial charge in [0.15, 0.2) is 0 Å². The first kappa shape index (κ1) is 16.4. The van der Waals surface area contributed by atoms with Gasteiger partial charge in [-0.3, -0.25) is 0 Å². The topological polar surface area (TPSA) is 88.3 Å². The third kappa shape index (κ3) is 2.55. The fourth-order valence-corrected chi connectivity index (χ4v) is 3.22. The maximum Gasteiger partial charge on any atom is 0.498 e. The second-order valence-electron chi connectivity index (χ2n) is 7.97. The summed E-state index contributed by atoms with van der Waals surface area (Å²) in [5, 5.41) is 19.4. The van der Waals surface area contributed by atoms with Gasteiger partial charge in [-0.25, -0.2) is 9.97 Å². The molecule has 23 heavy (non-hydrogen) atoms. The number of nitrogens with zero attached hydrogens (tertiary/aromatic N) is 3. The van der Waals surface area contributed by atoms with E-state index in [1.807, 2.05) is 27.7 Å². The summed E-state index contributed by atoms with van der Waals surface area (Å²) in [7, 11) is -0.517. The number of nitriles is 1. The Hall–Kier alpha value is -1.49. The van der Waals surface area contributed by atoms with Gasteiger partial charge in [-0.05, 0) is 34.6 Å². The van der Waals surface area contributed by atoms with Gasteiger partial charge in [0.1, 0.15) is 11.2 Å². The van der Waals surface area contributed by atoms with Crippen molar-refractivity contribution in [3.05, 3.63) is 18.2 Å². The molecule has 1 aromatic heterocycles. The van der Waals surface area contributed by atoms with Gasteiger partial charge in [-0.15, -0.1) is 0 Å². The van der Waals surface area contributed by atoms with Crippen LogP contribution in [0.2, 0.25) is 0 Å². The van der Waals surface area contributed by atoms with E-state index in [2.05, 4.69) is 16.0 Å². The first-order chi connectivity index (χ1) is 10.5. The van der Waals surface area contributed by atoms with Crippen molar-refractivity contribution in [2.75, 3.05) is 0 Å². The van der Waals surface area contributed by atoms with E-state index in [0.717, 1.165) is 5.46 Å². The number of hydrogen-bond acceptors (Lipinski definition) is 6. The Kier molecular flexibility index (Phi) is 3.39. The van der Waals surface area contributed by atoms with E-state index in [-0.39, 0.29) is 0 Å². The van der Waals surface area contributed by atoms with Crippen LogP contribution >= 0.6 is 0 Å². The molecule has 3 rings (SSSR count). The third-order valence-electron chi connectivity index (χ3n) is 5.20. The van der Waals surface area contributed by atoms with Crippen molar-refractivity contribution in [3.8, 4) is 6.07 Å². The largest absolute Gasteiger partial charge is 0.498 e. The molecular weight excluding hydrogens is 293 g/mol. The molecule has 0 amide bonds. The Bertz CT molecular complexity index is 640. The van der Waals surface area contributed by atoms with Crippen LogP contribution in [0.4, 0.5) is 0 Å². The van der Waals surface area contributed by atoms with Crippen LogP contribution in [0.15, 0.2) is 12.4 Å². The summed E-state index contributed by atoms with van der Waals surface area (Å²) in [4.78, 5) is 8.69. The normalized spacial score (nSPS) is 34.7. The van der Waals surface area contributed by atoms with Gasteiger partial charge in [0, 0.05) is 30.7 Å². The fourth-order valence-electron chi connectivity index (χ4n) is 3.22. The maximum atomic E-state index is 9.94. The molecule has 0 radical (unpaired) electrons. The summed E-state index contributed by atoms with van der Waals surface area (Å²) in [5.41, 5.74) is -1.72. The van der Waals surface area contributed by atoms with Gasteiger partial charge in [0.05, 0.1) is 22.9 Å². The summed E-state index contributed by atoms with van der Waals surface area (Å²) >= 11 is 0. The molecule has 1 aromatic rings. The molecule has 1 saturated carbocycles. The minimum absolute atomic E-state index is 0.354. The monoisotopic (exact) mass is 315 g/mol. The molecule has 2 aliphatic rings. The zero-order chi connectivity index (χ0) is 17.1. The van der Waals surface area contributed by atoms with Gasteiger partial charge >= 0.3 is 7.12 Å². The van der Waals surface area contributed by atoms with Gasteiger partial charge in [-0.1, -0.05) is 0 Å². The highest BCUT2D eigenvalue weighted by atomic mass is 16.7. The minimum atomic E-state index is -0.816. The molecule has 1 aliphatic heterocycles. The van der Waals surface area contributed by atoms with Crippen LogP contribution in [-0.4, -0.2) is 39.0 Å². The lowest BCUT2D eigenvalue weighted by atomic mass is 9.60. The minimum Gasteiger partial charge on any atom is -0.399 e. The van der Waals surface area contributed by atoms with Crippen molar-refractivity contribution >= 4 is 12.6 Å². The lowest BCUT2D eigenvalue weighted by Gasteiger charge is -2.45. The molecule has 0 aromatic carbocycles. The highest BCUT2D eigenvalue weighted by molar-refractivity contribution is 6.61. The second-order valence-corrected chi connectivity index (χ2v) is 7.97. The Balaban J connectivity index is 1.81. The number of hydrogen-bond donors (Lipinski definition) is 1. The van der Waals surface area contributed by atoms with E-state index < -0.39 is 29.3 Å². The van der Waals surface area contributed by atoms with Crippen LogP contribution < -0.4 is 5.46 Å². The van der Waals surface area contributed by atoms with Crippen LogP contribution in [-0.2, 0) is 14.7 Å². The van der Waals surface area contributed by atoms with E-state index in [1.54, 1.807) is 19.3 Å². The maximum absolute atomic E-state index is 9.94. The Morgan fingerprint density at radius 1 is 1.09 bits per heavy atom. The smallest absolute Gasteiger partial charge is 0.399 e. The molecule has 0 atom stereocenters. The molecular formula is C16H22BN3O3. The molecule has 122 valence electrons. The first-order valence-electron chi connectivity index (χ1n) is 7.82. The number of rotatable bonds is 2. The van der Waals surface area contributed by atoms with E-state index in [1.165, 1.54) is 0 Å². The zero-order valence-electron chi connectivity index (χ0n) is 14.3. The summed E-state index contributed by atoms with van der Waals surface area (Å²) in [6.07, 6.45) is 4.01. The van der Waals surface area contributed by atoms with E-state index in [4.69, 9.17) is 9.31 Å². The molecule has 0 unspecified atom stereocenters. The zero-order valence-corrected chi connectivity index (χ0v) is 14.3. The molecule has 1 saturated heterocycles. The Morgan fingerprint density at radius 3 is 1.96 bits per heavy atom. The van der Waals surface area contributed by atoms with Gasteiger partial charge < -0.3 is 14.4 Å². The van der Waals surface area contributed by atoms with E-state index in [0.29, 0.717) is 18.7 Å². The molecule has 0 spiro atoms. The quantitative estimate of drug-likeness (QED) is 0.822.